The number of aromatic nitrogens is 1. The van der Waals surface area contributed by atoms with Gasteiger partial charge in [0.05, 0.1) is 0 Å². The quantitative estimate of drug-likeness (QED) is 0.734. The van der Waals surface area contributed by atoms with Crippen molar-refractivity contribution in [3.05, 3.63) is 48.8 Å². The summed E-state index contributed by atoms with van der Waals surface area (Å²) in [6, 6.07) is 10.1. The third-order valence-corrected chi connectivity index (χ3v) is 2.04. The van der Waals surface area contributed by atoms with Gasteiger partial charge in [0.25, 0.3) is 0 Å². The van der Waals surface area contributed by atoms with Gasteiger partial charge in [-0.05, 0) is 29.7 Å². The molecule has 2 aromatic rings. The van der Waals surface area contributed by atoms with Gasteiger partial charge in [-0.1, -0.05) is 12.1 Å². The standard InChI is InChI=1S/C11H10BNO3/c14-12(15)9-2-1-3-11(8-9)16-10-4-6-13-7-5-10/h1-8,14-15H. The Balaban J connectivity index is 2.19. The highest BCUT2D eigenvalue weighted by molar-refractivity contribution is 6.58. The second kappa shape index (κ2) is 4.78. The second-order valence-electron chi connectivity index (χ2n) is 3.23. The van der Waals surface area contributed by atoms with Crippen LogP contribution in [0.15, 0.2) is 48.8 Å². The molecule has 1 aromatic carbocycles. The number of nitrogens with zero attached hydrogens (tertiary/aromatic N) is 1. The first-order chi connectivity index (χ1) is 7.75. The van der Waals surface area contributed by atoms with Crippen molar-refractivity contribution in [2.24, 2.45) is 0 Å². The second-order valence-corrected chi connectivity index (χ2v) is 3.23. The van der Waals surface area contributed by atoms with E-state index in [4.69, 9.17) is 14.8 Å². The van der Waals surface area contributed by atoms with E-state index in [-0.39, 0.29) is 0 Å². The molecule has 4 nitrogen and oxygen atoms in total. The van der Waals surface area contributed by atoms with Crippen LogP contribution in [-0.2, 0) is 0 Å². The van der Waals surface area contributed by atoms with Crippen LogP contribution in [0.1, 0.15) is 0 Å². The Morgan fingerprint density at radius 1 is 1.00 bits per heavy atom. The van der Waals surface area contributed by atoms with Gasteiger partial charge in [0.1, 0.15) is 11.5 Å². The van der Waals surface area contributed by atoms with Crippen LogP contribution >= 0.6 is 0 Å². The third kappa shape index (κ3) is 2.59. The number of pyridine rings is 1. The Hall–Kier alpha value is -1.85. The van der Waals surface area contributed by atoms with Gasteiger partial charge < -0.3 is 14.8 Å². The maximum Gasteiger partial charge on any atom is 0.488 e. The maximum atomic E-state index is 9.00. The molecule has 2 rings (SSSR count). The van der Waals surface area contributed by atoms with Crippen LogP contribution in [0.3, 0.4) is 0 Å². The van der Waals surface area contributed by atoms with Crippen molar-refractivity contribution >= 4 is 12.6 Å². The number of hydrogen-bond acceptors (Lipinski definition) is 4. The molecule has 0 aliphatic rings. The third-order valence-electron chi connectivity index (χ3n) is 2.04. The molecule has 0 spiro atoms. The molecule has 0 atom stereocenters. The number of rotatable bonds is 3. The van der Waals surface area contributed by atoms with Crippen molar-refractivity contribution in [1.82, 2.24) is 4.98 Å². The minimum atomic E-state index is -1.49. The molecule has 0 bridgehead atoms. The molecule has 0 unspecified atom stereocenters. The summed E-state index contributed by atoms with van der Waals surface area (Å²) < 4.78 is 5.51. The SMILES string of the molecule is OB(O)c1cccc(Oc2ccncc2)c1. The van der Waals surface area contributed by atoms with E-state index in [1.807, 2.05) is 0 Å². The van der Waals surface area contributed by atoms with Crippen molar-refractivity contribution in [2.45, 2.75) is 0 Å². The number of hydrogen-bond donors (Lipinski definition) is 2. The first-order valence-electron chi connectivity index (χ1n) is 4.80. The van der Waals surface area contributed by atoms with Crippen LogP contribution < -0.4 is 10.2 Å². The maximum absolute atomic E-state index is 9.00. The monoisotopic (exact) mass is 215 g/mol. The smallest absolute Gasteiger partial charge is 0.457 e. The van der Waals surface area contributed by atoms with Gasteiger partial charge in [-0.2, -0.15) is 0 Å². The van der Waals surface area contributed by atoms with Crippen molar-refractivity contribution in [1.29, 1.82) is 0 Å². The van der Waals surface area contributed by atoms with Crippen LogP contribution in [0, 0.1) is 0 Å². The summed E-state index contributed by atoms with van der Waals surface area (Å²) in [6.07, 6.45) is 3.25. The molecule has 5 heteroatoms. The highest BCUT2D eigenvalue weighted by atomic mass is 16.5. The normalized spacial score (nSPS) is 9.88. The molecule has 0 saturated carbocycles. The Kier molecular flexibility index (Phi) is 3.19. The Labute approximate surface area is 93.3 Å². The van der Waals surface area contributed by atoms with Crippen molar-refractivity contribution < 1.29 is 14.8 Å². The summed E-state index contributed by atoms with van der Waals surface area (Å²) in [4.78, 5) is 3.87. The molecule has 0 saturated heterocycles. The van der Waals surface area contributed by atoms with E-state index in [2.05, 4.69) is 4.98 Å². The van der Waals surface area contributed by atoms with E-state index in [1.165, 1.54) is 0 Å². The summed E-state index contributed by atoms with van der Waals surface area (Å²) in [5.74, 6) is 1.20. The van der Waals surface area contributed by atoms with E-state index < -0.39 is 7.12 Å². The van der Waals surface area contributed by atoms with E-state index in [1.54, 1.807) is 48.8 Å². The van der Waals surface area contributed by atoms with Gasteiger partial charge in [-0.15, -0.1) is 0 Å². The Morgan fingerprint density at radius 2 is 1.75 bits per heavy atom. The molecular formula is C11H10BNO3. The zero-order valence-corrected chi connectivity index (χ0v) is 8.45. The summed E-state index contributed by atoms with van der Waals surface area (Å²) in [7, 11) is -1.49. The van der Waals surface area contributed by atoms with Gasteiger partial charge in [0.2, 0.25) is 0 Å². The summed E-state index contributed by atoms with van der Waals surface area (Å²) in [5.41, 5.74) is 0.395. The molecule has 80 valence electrons. The van der Waals surface area contributed by atoms with Crippen molar-refractivity contribution in [3.8, 4) is 11.5 Å². The molecule has 0 aliphatic heterocycles. The lowest BCUT2D eigenvalue weighted by molar-refractivity contribution is 0.425. The fourth-order valence-electron chi connectivity index (χ4n) is 1.28. The van der Waals surface area contributed by atoms with Gasteiger partial charge >= 0.3 is 7.12 Å². The van der Waals surface area contributed by atoms with Crippen LogP contribution in [-0.4, -0.2) is 22.2 Å². The average Bonchev–Trinajstić information content (AvgIpc) is 2.30. The van der Waals surface area contributed by atoms with Gasteiger partial charge in [-0.3, -0.25) is 4.98 Å². The zero-order chi connectivity index (χ0) is 11.4. The van der Waals surface area contributed by atoms with Crippen molar-refractivity contribution in [3.63, 3.8) is 0 Å². The Bertz CT molecular complexity index is 462. The lowest BCUT2D eigenvalue weighted by Crippen LogP contribution is -2.29. The molecular weight excluding hydrogens is 205 g/mol. The first kappa shape index (κ1) is 10.7. The van der Waals surface area contributed by atoms with E-state index >= 15 is 0 Å². The fraction of sp³-hybridized carbons (Fsp3) is 0. The molecule has 1 aromatic heterocycles. The fourth-order valence-corrected chi connectivity index (χ4v) is 1.28. The van der Waals surface area contributed by atoms with E-state index in [0.717, 1.165) is 0 Å². The van der Waals surface area contributed by atoms with Gasteiger partial charge in [-0.25, -0.2) is 0 Å². The predicted molar refractivity (Wildman–Crippen MR) is 60.6 cm³/mol. The number of ether oxygens (including phenoxy) is 1. The van der Waals surface area contributed by atoms with Crippen molar-refractivity contribution in [2.75, 3.05) is 0 Å². The topological polar surface area (TPSA) is 62.6 Å². The molecule has 0 radical (unpaired) electrons. The Morgan fingerprint density at radius 3 is 2.44 bits per heavy atom. The molecule has 0 amide bonds. The lowest BCUT2D eigenvalue weighted by atomic mass is 9.80. The van der Waals surface area contributed by atoms with Crippen LogP contribution in [0.2, 0.25) is 0 Å². The van der Waals surface area contributed by atoms with Gasteiger partial charge in [0, 0.05) is 12.4 Å². The summed E-state index contributed by atoms with van der Waals surface area (Å²) in [5, 5.41) is 18.0. The average molecular weight is 215 g/mol. The van der Waals surface area contributed by atoms with Crippen LogP contribution in [0.4, 0.5) is 0 Å². The zero-order valence-electron chi connectivity index (χ0n) is 8.45. The van der Waals surface area contributed by atoms with Crippen LogP contribution in [0.25, 0.3) is 0 Å². The largest absolute Gasteiger partial charge is 0.488 e. The molecule has 0 fully saturated rings. The lowest BCUT2D eigenvalue weighted by Gasteiger charge is -2.06. The number of benzene rings is 1. The molecule has 0 aliphatic carbocycles. The molecule has 1 heterocycles. The molecule has 2 N–H and O–H groups in total. The highest BCUT2D eigenvalue weighted by Gasteiger charge is 2.11. The molecule has 16 heavy (non-hydrogen) atoms. The summed E-state index contributed by atoms with van der Waals surface area (Å²) in [6.45, 7) is 0. The van der Waals surface area contributed by atoms with Gasteiger partial charge in [0.15, 0.2) is 0 Å². The predicted octanol–water partition coefficient (Wildman–Crippen LogP) is 0.554. The summed E-state index contributed by atoms with van der Waals surface area (Å²) >= 11 is 0. The highest BCUT2D eigenvalue weighted by Crippen LogP contribution is 2.18. The van der Waals surface area contributed by atoms with E-state index in [0.29, 0.717) is 17.0 Å². The minimum Gasteiger partial charge on any atom is -0.457 e. The minimum absolute atomic E-state index is 0.395. The van der Waals surface area contributed by atoms with Crippen LogP contribution in [0.5, 0.6) is 11.5 Å². The van der Waals surface area contributed by atoms with E-state index in [9.17, 15) is 0 Å². The first-order valence-corrected chi connectivity index (χ1v) is 4.80.